The van der Waals surface area contributed by atoms with Gasteiger partial charge in [0.15, 0.2) is 0 Å². The summed E-state index contributed by atoms with van der Waals surface area (Å²) in [6, 6.07) is 6.06. The maximum atomic E-state index is 12.1. The van der Waals surface area contributed by atoms with E-state index in [9.17, 15) is 13.2 Å². The molecule has 100 valence electrons. The molecule has 1 amide bonds. The number of carbonyl (C=O) groups excluding carboxylic acids is 1. The van der Waals surface area contributed by atoms with Crippen LogP contribution in [0, 0.1) is 0 Å². The van der Waals surface area contributed by atoms with E-state index in [0.717, 1.165) is 0 Å². The number of amides is 1. The van der Waals surface area contributed by atoms with Gasteiger partial charge in [-0.25, -0.2) is 8.42 Å². The SMILES string of the molecule is CC(C)(NS(=O)(=O)c1ccccc1NN)C(N)=O. The number of hydrogen-bond acceptors (Lipinski definition) is 5. The molecule has 1 rings (SSSR count). The smallest absolute Gasteiger partial charge is 0.243 e. The maximum Gasteiger partial charge on any atom is 0.243 e. The molecule has 6 N–H and O–H groups in total. The van der Waals surface area contributed by atoms with Crippen LogP contribution in [0.25, 0.3) is 0 Å². The summed E-state index contributed by atoms with van der Waals surface area (Å²) in [4.78, 5) is 11.1. The van der Waals surface area contributed by atoms with Crippen molar-refractivity contribution in [3.05, 3.63) is 24.3 Å². The molecule has 0 radical (unpaired) electrons. The summed E-state index contributed by atoms with van der Waals surface area (Å²) in [5, 5.41) is 0. The van der Waals surface area contributed by atoms with Crippen LogP contribution >= 0.6 is 0 Å². The van der Waals surface area contributed by atoms with Crippen molar-refractivity contribution in [2.45, 2.75) is 24.3 Å². The third-order valence-corrected chi connectivity index (χ3v) is 4.05. The Balaban J connectivity index is 3.19. The van der Waals surface area contributed by atoms with Crippen molar-refractivity contribution in [1.29, 1.82) is 0 Å². The number of para-hydroxylation sites is 1. The third kappa shape index (κ3) is 2.97. The molecule has 0 fully saturated rings. The number of anilines is 1. The zero-order valence-electron chi connectivity index (χ0n) is 10.1. The number of hydrogen-bond donors (Lipinski definition) is 4. The van der Waals surface area contributed by atoms with Gasteiger partial charge in [-0.2, -0.15) is 4.72 Å². The number of hydrazine groups is 1. The molecular formula is C10H16N4O3S. The van der Waals surface area contributed by atoms with E-state index < -0.39 is 21.5 Å². The Labute approximate surface area is 106 Å². The molecule has 0 saturated carbocycles. The Morgan fingerprint density at radius 1 is 1.28 bits per heavy atom. The summed E-state index contributed by atoms with van der Waals surface area (Å²) in [6.45, 7) is 2.76. The van der Waals surface area contributed by atoms with Gasteiger partial charge in [0.2, 0.25) is 15.9 Å². The number of rotatable bonds is 5. The van der Waals surface area contributed by atoms with E-state index in [2.05, 4.69) is 10.1 Å². The molecule has 0 heterocycles. The number of primary amides is 1. The first kappa shape index (κ1) is 14.4. The standard InChI is InChI=1S/C10H16N4O3S/c1-10(2,9(11)15)14-18(16,17)8-6-4-3-5-7(8)13-12/h3-6,13-14H,12H2,1-2H3,(H2,11,15). The van der Waals surface area contributed by atoms with Gasteiger partial charge in [0.25, 0.3) is 0 Å². The zero-order valence-corrected chi connectivity index (χ0v) is 10.9. The minimum absolute atomic E-state index is 0.0539. The summed E-state index contributed by atoms with van der Waals surface area (Å²) in [5.74, 6) is 4.46. The van der Waals surface area contributed by atoms with Crippen molar-refractivity contribution in [2.24, 2.45) is 11.6 Å². The van der Waals surface area contributed by atoms with E-state index in [0.29, 0.717) is 0 Å². The minimum Gasteiger partial charge on any atom is -0.368 e. The number of nitrogen functional groups attached to an aromatic ring is 1. The molecule has 1 aromatic rings. The van der Waals surface area contributed by atoms with Gasteiger partial charge in [0.05, 0.1) is 5.69 Å². The first-order valence-corrected chi connectivity index (χ1v) is 6.58. The molecule has 7 nitrogen and oxygen atoms in total. The molecule has 1 aromatic carbocycles. The Bertz CT molecular complexity index is 554. The van der Waals surface area contributed by atoms with Crippen molar-refractivity contribution in [2.75, 3.05) is 5.43 Å². The molecule has 0 aliphatic heterocycles. The van der Waals surface area contributed by atoms with Gasteiger partial charge in [-0.15, -0.1) is 0 Å². The Kier molecular flexibility index (Phi) is 3.95. The van der Waals surface area contributed by atoms with Crippen molar-refractivity contribution in [1.82, 2.24) is 4.72 Å². The van der Waals surface area contributed by atoms with E-state index >= 15 is 0 Å². The van der Waals surface area contributed by atoms with Crippen LogP contribution in [-0.2, 0) is 14.8 Å². The van der Waals surface area contributed by atoms with E-state index in [1.165, 1.54) is 26.0 Å². The predicted octanol–water partition coefficient (Wildman–Crippen LogP) is -0.486. The quantitative estimate of drug-likeness (QED) is 0.425. The van der Waals surface area contributed by atoms with Crippen molar-refractivity contribution in [3.8, 4) is 0 Å². The van der Waals surface area contributed by atoms with Gasteiger partial charge in [-0.05, 0) is 26.0 Å². The van der Waals surface area contributed by atoms with Crippen molar-refractivity contribution in [3.63, 3.8) is 0 Å². The highest BCUT2D eigenvalue weighted by Crippen LogP contribution is 2.21. The lowest BCUT2D eigenvalue weighted by atomic mass is 10.1. The fourth-order valence-corrected chi connectivity index (χ4v) is 2.82. The molecule has 0 bridgehead atoms. The van der Waals surface area contributed by atoms with Crippen LogP contribution in [-0.4, -0.2) is 19.9 Å². The number of benzene rings is 1. The molecule has 0 aliphatic rings. The number of nitrogens with one attached hydrogen (secondary N) is 2. The molecule has 18 heavy (non-hydrogen) atoms. The molecular weight excluding hydrogens is 256 g/mol. The van der Waals surface area contributed by atoms with Gasteiger partial charge in [-0.1, -0.05) is 12.1 Å². The van der Waals surface area contributed by atoms with Crippen molar-refractivity contribution >= 4 is 21.6 Å². The van der Waals surface area contributed by atoms with E-state index in [4.69, 9.17) is 11.6 Å². The number of nitrogens with two attached hydrogens (primary N) is 2. The average molecular weight is 272 g/mol. The van der Waals surface area contributed by atoms with Gasteiger partial charge in [0, 0.05) is 0 Å². The molecule has 0 unspecified atom stereocenters. The van der Waals surface area contributed by atoms with Crippen LogP contribution in [0.2, 0.25) is 0 Å². The second-order valence-corrected chi connectivity index (χ2v) is 5.89. The van der Waals surface area contributed by atoms with Crippen LogP contribution in [0.1, 0.15) is 13.8 Å². The van der Waals surface area contributed by atoms with Gasteiger partial charge in [-0.3, -0.25) is 10.6 Å². The highest BCUT2D eigenvalue weighted by Gasteiger charge is 2.32. The van der Waals surface area contributed by atoms with Crippen LogP contribution in [0.15, 0.2) is 29.2 Å². The normalized spacial score (nSPS) is 12.2. The Morgan fingerprint density at radius 3 is 2.33 bits per heavy atom. The maximum absolute atomic E-state index is 12.1. The second kappa shape index (κ2) is 4.92. The average Bonchev–Trinajstić information content (AvgIpc) is 2.27. The molecule has 0 aliphatic carbocycles. The van der Waals surface area contributed by atoms with Crippen LogP contribution in [0.5, 0.6) is 0 Å². The first-order valence-electron chi connectivity index (χ1n) is 5.10. The lowest BCUT2D eigenvalue weighted by Crippen LogP contribution is -2.52. The Morgan fingerprint density at radius 2 is 1.83 bits per heavy atom. The van der Waals surface area contributed by atoms with Crippen LogP contribution in [0.3, 0.4) is 0 Å². The van der Waals surface area contributed by atoms with Gasteiger partial charge < -0.3 is 11.2 Å². The fourth-order valence-electron chi connectivity index (χ4n) is 1.26. The summed E-state index contributed by atoms with van der Waals surface area (Å²) in [6.07, 6.45) is 0. The van der Waals surface area contributed by atoms with Gasteiger partial charge in [0.1, 0.15) is 10.4 Å². The second-order valence-electron chi connectivity index (χ2n) is 4.24. The molecule has 0 spiro atoms. The lowest BCUT2D eigenvalue weighted by molar-refractivity contribution is -0.122. The molecule has 0 saturated heterocycles. The van der Waals surface area contributed by atoms with E-state index in [1.807, 2.05) is 0 Å². The highest BCUT2D eigenvalue weighted by molar-refractivity contribution is 7.89. The van der Waals surface area contributed by atoms with E-state index in [-0.39, 0.29) is 10.6 Å². The minimum atomic E-state index is -3.90. The number of carbonyl (C=O) groups is 1. The largest absolute Gasteiger partial charge is 0.368 e. The van der Waals surface area contributed by atoms with E-state index in [1.54, 1.807) is 12.1 Å². The summed E-state index contributed by atoms with van der Waals surface area (Å²) >= 11 is 0. The summed E-state index contributed by atoms with van der Waals surface area (Å²) in [5.41, 5.74) is 6.24. The monoisotopic (exact) mass is 272 g/mol. The molecule has 8 heteroatoms. The first-order chi connectivity index (χ1) is 8.20. The number of sulfonamides is 1. The topological polar surface area (TPSA) is 127 Å². The summed E-state index contributed by atoms with van der Waals surface area (Å²) < 4.78 is 26.5. The lowest BCUT2D eigenvalue weighted by Gasteiger charge is -2.22. The van der Waals surface area contributed by atoms with Crippen molar-refractivity contribution < 1.29 is 13.2 Å². The Hall–Kier alpha value is -1.64. The zero-order chi connectivity index (χ0) is 14.0. The summed E-state index contributed by atoms with van der Waals surface area (Å²) in [7, 11) is -3.90. The predicted molar refractivity (Wildman–Crippen MR) is 67.8 cm³/mol. The fraction of sp³-hybridized carbons (Fsp3) is 0.300. The third-order valence-electron chi connectivity index (χ3n) is 2.34. The molecule has 0 aromatic heterocycles. The van der Waals surface area contributed by atoms with Crippen LogP contribution < -0.4 is 21.7 Å². The highest BCUT2D eigenvalue weighted by atomic mass is 32.2. The molecule has 0 atom stereocenters. The van der Waals surface area contributed by atoms with Gasteiger partial charge >= 0.3 is 0 Å². The van der Waals surface area contributed by atoms with Crippen LogP contribution in [0.4, 0.5) is 5.69 Å².